The van der Waals surface area contributed by atoms with E-state index in [-0.39, 0.29) is 22.8 Å². The van der Waals surface area contributed by atoms with Gasteiger partial charge >= 0.3 is 6.18 Å². The number of fused-ring (bicyclic) bond motifs is 1. The molecule has 2 fully saturated rings. The van der Waals surface area contributed by atoms with Crippen molar-refractivity contribution < 1.29 is 22.8 Å². The second-order valence-corrected chi connectivity index (χ2v) is 7.64. The Morgan fingerprint density at radius 1 is 1.44 bits per heavy atom. The van der Waals surface area contributed by atoms with Gasteiger partial charge in [-0.15, -0.1) is 0 Å². The van der Waals surface area contributed by atoms with E-state index in [0.717, 1.165) is 6.20 Å². The summed E-state index contributed by atoms with van der Waals surface area (Å²) in [7, 11) is 0. The Labute approximate surface area is 154 Å². The Balaban J connectivity index is 1.88. The van der Waals surface area contributed by atoms with Crippen molar-refractivity contribution >= 4 is 11.8 Å². The first-order valence-electron chi connectivity index (χ1n) is 8.52. The third-order valence-corrected chi connectivity index (χ3v) is 5.59. The number of nitrogens with one attached hydrogen (secondary N) is 1. The number of amides is 2. The van der Waals surface area contributed by atoms with Crippen LogP contribution in [-0.2, 0) is 11.0 Å². The van der Waals surface area contributed by atoms with Crippen LogP contribution < -0.4 is 5.32 Å². The molecule has 4 atom stereocenters. The molecule has 2 amide bonds. The highest BCUT2D eigenvalue weighted by atomic mass is 19.4. The highest BCUT2D eigenvalue weighted by molar-refractivity contribution is 5.98. The summed E-state index contributed by atoms with van der Waals surface area (Å²) in [5.41, 5.74) is -1.45. The Bertz CT molecular complexity index is 831. The molecule has 2 aliphatic rings. The number of halogens is 3. The summed E-state index contributed by atoms with van der Waals surface area (Å²) in [6.07, 6.45) is -3.73. The van der Waals surface area contributed by atoms with Gasteiger partial charge in [0.25, 0.3) is 5.91 Å². The highest BCUT2D eigenvalue weighted by Gasteiger charge is 2.69. The summed E-state index contributed by atoms with van der Waals surface area (Å²) in [5, 5.41) is 11.5. The van der Waals surface area contributed by atoms with Crippen LogP contribution in [0.4, 0.5) is 13.2 Å². The predicted octanol–water partition coefficient (Wildman–Crippen LogP) is 2.23. The SMILES string of the molecule is CC(C#N)NC(=O)C1C2C(CN1C(=O)c1ccnc(C(F)(F)F)c1)C2(C)C. The van der Waals surface area contributed by atoms with Gasteiger partial charge in [-0.2, -0.15) is 18.4 Å². The van der Waals surface area contributed by atoms with Crippen molar-refractivity contribution in [2.75, 3.05) is 6.54 Å². The van der Waals surface area contributed by atoms with Crippen molar-refractivity contribution in [1.29, 1.82) is 5.26 Å². The van der Waals surface area contributed by atoms with Crippen LogP contribution in [0.5, 0.6) is 0 Å². The molecule has 3 rings (SSSR count). The molecule has 0 radical (unpaired) electrons. The number of carbonyl (C=O) groups is 2. The molecule has 9 heteroatoms. The molecule has 144 valence electrons. The molecular weight excluding hydrogens is 361 g/mol. The predicted molar refractivity (Wildman–Crippen MR) is 88.0 cm³/mol. The van der Waals surface area contributed by atoms with Gasteiger partial charge in [0.05, 0.1) is 6.07 Å². The lowest BCUT2D eigenvalue weighted by Crippen LogP contribution is -2.51. The number of hydrogen-bond donors (Lipinski definition) is 1. The number of piperidine rings is 1. The standard InChI is InChI=1S/C18H19F3N4O2/c1-9(7-22)24-15(26)14-13-11(17(13,2)3)8-25(14)16(27)10-4-5-23-12(6-10)18(19,20)21/h4-6,9,11,13-14H,8H2,1-3H3,(H,24,26). The van der Waals surface area contributed by atoms with E-state index >= 15 is 0 Å². The molecule has 6 nitrogen and oxygen atoms in total. The maximum absolute atomic E-state index is 12.9. The third kappa shape index (κ3) is 3.24. The molecule has 0 spiro atoms. The van der Waals surface area contributed by atoms with Crippen LogP contribution in [0.15, 0.2) is 18.3 Å². The molecule has 0 aromatic carbocycles. The van der Waals surface area contributed by atoms with E-state index in [2.05, 4.69) is 10.3 Å². The van der Waals surface area contributed by atoms with Crippen LogP contribution in [0, 0.1) is 28.6 Å². The van der Waals surface area contributed by atoms with E-state index in [0.29, 0.717) is 12.6 Å². The number of hydrogen-bond acceptors (Lipinski definition) is 4. The smallest absolute Gasteiger partial charge is 0.339 e. The van der Waals surface area contributed by atoms with Gasteiger partial charge in [0.1, 0.15) is 17.8 Å². The van der Waals surface area contributed by atoms with E-state index in [1.54, 1.807) is 0 Å². The monoisotopic (exact) mass is 380 g/mol. The first-order valence-corrected chi connectivity index (χ1v) is 8.52. The number of alkyl halides is 3. The van der Waals surface area contributed by atoms with Crippen molar-refractivity contribution in [3.05, 3.63) is 29.6 Å². The molecule has 1 aliphatic carbocycles. The van der Waals surface area contributed by atoms with E-state index in [1.807, 2.05) is 19.9 Å². The van der Waals surface area contributed by atoms with E-state index < -0.39 is 35.8 Å². The Kier molecular flexibility index (Phi) is 4.41. The van der Waals surface area contributed by atoms with Crippen molar-refractivity contribution in [1.82, 2.24) is 15.2 Å². The minimum Gasteiger partial charge on any atom is -0.339 e. The minimum absolute atomic E-state index is 0.0868. The number of carbonyl (C=O) groups excluding carboxylic acids is 2. The number of aromatic nitrogens is 1. The largest absolute Gasteiger partial charge is 0.433 e. The summed E-state index contributed by atoms with van der Waals surface area (Å²) in [4.78, 5) is 30.1. The average Bonchev–Trinajstić information content (AvgIpc) is 2.96. The molecule has 1 aliphatic heterocycles. The third-order valence-electron chi connectivity index (χ3n) is 5.59. The Hall–Kier alpha value is -2.63. The van der Waals surface area contributed by atoms with Crippen molar-refractivity contribution in [2.24, 2.45) is 17.3 Å². The van der Waals surface area contributed by atoms with Crippen molar-refractivity contribution in [3.8, 4) is 6.07 Å². The van der Waals surface area contributed by atoms with Crippen LogP contribution in [0.2, 0.25) is 0 Å². The van der Waals surface area contributed by atoms with Gasteiger partial charge in [-0.3, -0.25) is 14.6 Å². The van der Waals surface area contributed by atoms with Gasteiger partial charge in [-0.1, -0.05) is 13.8 Å². The second kappa shape index (κ2) is 6.22. The fraction of sp³-hybridized carbons (Fsp3) is 0.556. The number of pyridine rings is 1. The quantitative estimate of drug-likeness (QED) is 0.871. The fourth-order valence-electron chi connectivity index (χ4n) is 4.01. The average molecular weight is 380 g/mol. The van der Waals surface area contributed by atoms with Crippen LogP contribution >= 0.6 is 0 Å². The molecule has 4 unspecified atom stereocenters. The van der Waals surface area contributed by atoms with Gasteiger partial charge in [0, 0.05) is 18.3 Å². The first kappa shape index (κ1) is 19.1. The molecule has 0 bridgehead atoms. The summed E-state index contributed by atoms with van der Waals surface area (Å²) in [6, 6.07) is 2.27. The van der Waals surface area contributed by atoms with Crippen LogP contribution in [0.25, 0.3) is 0 Å². The normalized spacial score (nSPS) is 26.7. The number of likely N-dealkylation sites (tertiary alicyclic amines) is 1. The summed E-state index contributed by atoms with van der Waals surface area (Å²) in [5.74, 6) is -1.09. The highest BCUT2D eigenvalue weighted by Crippen LogP contribution is 2.65. The Morgan fingerprint density at radius 3 is 2.70 bits per heavy atom. The molecule has 1 aromatic heterocycles. The lowest BCUT2D eigenvalue weighted by Gasteiger charge is -2.30. The van der Waals surface area contributed by atoms with E-state index in [1.165, 1.54) is 17.9 Å². The second-order valence-electron chi connectivity index (χ2n) is 7.64. The van der Waals surface area contributed by atoms with Gasteiger partial charge in [-0.05, 0) is 36.3 Å². The van der Waals surface area contributed by atoms with Crippen LogP contribution in [0.1, 0.15) is 36.8 Å². The summed E-state index contributed by atoms with van der Waals surface area (Å²) < 4.78 is 38.7. The van der Waals surface area contributed by atoms with Crippen molar-refractivity contribution in [3.63, 3.8) is 0 Å². The molecule has 1 N–H and O–H groups in total. The zero-order valence-electron chi connectivity index (χ0n) is 15.0. The van der Waals surface area contributed by atoms with Crippen LogP contribution in [0.3, 0.4) is 0 Å². The number of nitrogens with zero attached hydrogens (tertiary/aromatic N) is 3. The van der Waals surface area contributed by atoms with E-state index in [9.17, 15) is 22.8 Å². The van der Waals surface area contributed by atoms with Crippen LogP contribution in [-0.4, -0.2) is 40.3 Å². The lowest BCUT2D eigenvalue weighted by atomic mass is 9.99. The maximum atomic E-state index is 12.9. The van der Waals surface area contributed by atoms with Gasteiger partial charge in [0.2, 0.25) is 5.91 Å². The zero-order chi connectivity index (χ0) is 20.1. The molecular formula is C18H19F3N4O2. The number of nitriles is 1. The maximum Gasteiger partial charge on any atom is 0.433 e. The molecule has 1 saturated heterocycles. The molecule has 2 heterocycles. The zero-order valence-corrected chi connectivity index (χ0v) is 15.0. The first-order chi connectivity index (χ1) is 12.5. The van der Waals surface area contributed by atoms with Gasteiger partial charge in [0.15, 0.2) is 0 Å². The van der Waals surface area contributed by atoms with Gasteiger partial charge < -0.3 is 10.2 Å². The summed E-state index contributed by atoms with van der Waals surface area (Å²) in [6.45, 7) is 5.80. The fourth-order valence-corrected chi connectivity index (χ4v) is 4.01. The van der Waals surface area contributed by atoms with E-state index in [4.69, 9.17) is 5.26 Å². The lowest BCUT2D eigenvalue weighted by molar-refractivity contribution is -0.141. The molecule has 1 saturated carbocycles. The minimum atomic E-state index is -4.66. The number of rotatable bonds is 3. The van der Waals surface area contributed by atoms with Crippen molar-refractivity contribution in [2.45, 2.75) is 39.0 Å². The molecule has 1 aromatic rings. The summed E-state index contributed by atoms with van der Waals surface area (Å²) >= 11 is 0. The molecule has 27 heavy (non-hydrogen) atoms. The Morgan fingerprint density at radius 2 is 2.11 bits per heavy atom. The topological polar surface area (TPSA) is 86.1 Å². The van der Waals surface area contributed by atoms with Gasteiger partial charge in [-0.25, -0.2) is 0 Å².